The Morgan fingerprint density at radius 2 is 1.93 bits per heavy atom. The predicted octanol–water partition coefficient (Wildman–Crippen LogP) is 0.976. The van der Waals surface area contributed by atoms with Crippen molar-refractivity contribution in [3.05, 3.63) is 35.0 Å². The Morgan fingerprint density at radius 1 is 1.17 bits per heavy atom. The van der Waals surface area contributed by atoms with Crippen molar-refractivity contribution >= 4 is 0 Å². The molecule has 1 saturated carbocycles. The third-order valence-electron chi connectivity index (χ3n) is 6.93. The molecule has 2 aliphatic heterocycles. The van der Waals surface area contributed by atoms with Gasteiger partial charge >= 0.3 is 0 Å². The number of aliphatic hydroxyl groups excluding tert-OH is 2. The molecule has 8 heteroatoms. The molecule has 5 rings (SSSR count). The maximum absolute atomic E-state index is 10.3. The minimum atomic E-state index is -0.0575. The zero-order valence-corrected chi connectivity index (χ0v) is 17.1. The number of rotatable bonds is 8. The molecule has 4 heterocycles. The summed E-state index contributed by atoms with van der Waals surface area (Å²) in [5.41, 5.74) is 3.19. The van der Waals surface area contributed by atoms with Crippen molar-refractivity contribution in [2.45, 2.75) is 45.3 Å². The largest absolute Gasteiger partial charge is 0.396 e. The number of hydrogen-bond acceptors (Lipinski definition) is 7. The molecule has 2 aromatic rings. The quantitative estimate of drug-likeness (QED) is 0.681. The molecule has 158 valence electrons. The van der Waals surface area contributed by atoms with E-state index in [2.05, 4.69) is 26.1 Å². The Labute approximate surface area is 171 Å². The topological polar surface area (TPSA) is 90.8 Å². The maximum atomic E-state index is 10.3. The number of aliphatic hydroxyl groups is 2. The van der Waals surface area contributed by atoms with Crippen molar-refractivity contribution < 1.29 is 14.7 Å². The van der Waals surface area contributed by atoms with Crippen LogP contribution in [-0.4, -0.2) is 74.3 Å². The van der Waals surface area contributed by atoms with Crippen LogP contribution in [-0.2, 0) is 19.6 Å². The normalized spacial score (nSPS) is 27.8. The van der Waals surface area contributed by atoms with Crippen molar-refractivity contribution in [3.63, 3.8) is 0 Å². The number of nitrogens with zero attached hydrogens (tertiary/aromatic N) is 5. The molecular weight excluding hydrogens is 370 g/mol. The Bertz CT molecular complexity index is 860. The van der Waals surface area contributed by atoms with Gasteiger partial charge in [0.25, 0.3) is 0 Å². The van der Waals surface area contributed by atoms with E-state index < -0.39 is 0 Å². The van der Waals surface area contributed by atoms with E-state index in [-0.39, 0.29) is 18.6 Å². The van der Waals surface area contributed by atoms with Crippen LogP contribution in [0.25, 0.3) is 0 Å². The minimum Gasteiger partial charge on any atom is -0.396 e. The molecule has 2 atom stereocenters. The van der Waals surface area contributed by atoms with Gasteiger partial charge in [-0.15, -0.1) is 0 Å². The third-order valence-corrected chi connectivity index (χ3v) is 6.93. The highest BCUT2D eigenvalue weighted by atomic mass is 16.5. The molecule has 2 aromatic heterocycles. The lowest BCUT2D eigenvalue weighted by molar-refractivity contribution is 0.110. The summed E-state index contributed by atoms with van der Waals surface area (Å²) < 4.78 is 7.32. The van der Waals surface area contributed by atoms with Crippen molar-refractivity contribution in [2.75, 3.05) is 39.4 Å². The van der Waals surface area contributed by atoms with Gasteiger partial charge in [0.1, 0.15) is 5.76 Å². The summed E-state index contributed by atoms with van der Waals surface area (Å²) in [7, 11) is 0. The Morgan fingerprint density at radius 3 is 2.59 bits per heavy atom. The highest BCUT2D eigenvalue weighted by Crippen LogP contribution is 2.44. The molecule has 1 aliphatic carbocycles. The van der Waals surface area contributed by atoms with Gasteiger partial charge in [-0.3, -0.25) is 14.5 Å². The van der Waals surface area contributed by atoms with Gasteiger partial charge in [0, 0.05) is 68.4 Å². The van der Waals surface area contributed by atoms with Gasteiger partial charge in [0.15, 0.2) is 0 Å². The fourth-order valence-corrected chi connectivity index (χ4v) is 5.23. The maximum Gasteiger partial charge on any atom is 0.140 e. The standard InChI is InChI=1S/C21H31N5O3/c1-15-17(8-26(22-15)4-5-27)7-24-9-18-10-25(13-21(18,12-24)14-28)11-19-6-20(29-23-19)16-2-3-16/h6,8,16,18,27-28H,2-5,7,9-14H2,1H3. The zero-order chi connectivity index (χ0) is 20.0. The van der Waals surface area contributed by atoms with Crippen molar-refractivity contribution in [2.24, 2.45) is 11.3 Å². The first-order chi connectivity index (χ1) is 14.1. The van der Waals surface area contributed by atoms with Gasteiger partial charge < -0.3 is 14.7 Å². The highest BCUT2D eigenvalue weighted by Gasteiger charge is 2.52. The van der Waals surface area contributed by atoms with Crippen LogP contribution in [0.2, 0.25) is 0 Å². The first-order valence-electron chi connectivity index (χ1n) is 10.7. The van der Waals surface area contributed by atoms with Gasteiger partial charge in [-0.05, 0) is 25.7 Å². The SMILES string of the molecule is Cc1nn(CCO)cc1CN1CC2CN(Cc3cc(C4CC4)on3)CC2(CO)C1. The summed E-state index contributed by atoms with van der Waals surface area (Å²) in [5, 5.41) is 28.2. The minimum absolute atomic E-state index is 0.0575. The summed E-state index contributed by atoms with van der Waals surface area (Å²) >= 11 is 0. The smallest absolute Gasteiger partial charge is 0.140 e. The molecule has 0 amide bonds. The van der Waals surface area contributed by atoms with E-state index >= 15 is 0 Å². The van der Waals surface area contributed by atoms with Crippen LogP contribution in [0, 0.1) is 18.3 Å². The van der Waals surface area contributed by atoms with Gasteiger partial charge in [0.05, 0.1) is 31.1 Å². The monoisotopic (exact) mass is 401 g/mol. The second-order valence-corrected chi connectivity index (χ2v) is 9.28. The molecule has 3 aliphatic rings. The number of aryl methyl sites for hydroxylation is 1. The molecule has 2 unspecified atom stereocenters. The van der Waals surface area contributed by atoms with E-state index in [1.54, 1.807) is 0 Å². The highest BCUT2D eigenvalue weighted by molar-refractivity contribution is 5.17. The molecular formula is C21H31N5O3. The van der Waals surface area contributed by atoms with Crippen LogP contribution in [0.3, 0.4) is 0 Å². The van der Waals surface area contributed by atoms with E-state index in [4.69, 9.17) is 9.63 Å². The second-order valence-electron chi connectivity index (χ2n) is 9.28. The summed E-state index contributed by atoms with van der Waals surface area (Å²) in [4.78, 5) is 4.88. The van der Waals surface area contributed by atoms with Crippen LogP contribution >= 0.6 is 0 Å². The second kappa shape index (κ2) is 7.50. The third kappa shape index (κ3) is 3.74. The summed E-state index contributed by atoms with van der Waals surface area (Å²) in [6.45, 7) is 8.33. The first kappa shape index (κ1) is 19.2. The van der Waals surface area contributed by atoms with E-state index in [0.29, 0.717) is 18.4 Å². The molecule has 29 heavy (non-hydrogen) atoms. The summed E-state index contributed by atoms with van der Waals surface area (Å²) in [6.07, 6.45) is 4.49. The predicted molar refractivity (Wildman–Crippen MR) is 106 cm³/mol. The van der Waals surface area contributed by atoms with Crippen LogP contribution in [0.5, 0.6) is 0 Å². The summed E-state index contributed by atoms with van der Waals surface area (Å²) in [6, 6.07) is 2.12. The number of fused-ring (bicyclic) bond motifs is 1. The molecule has 3 fully saturated rings. The average Bonchev–Trinajstić information content (AvgIpc) is 3.02. The van der Waals surface area contributed by atoms with Gasteiger partial charge in [-0.1, -0.05) is 5.16 Å². The van der Waals surface area contributed by atoms with Crippen molar-refractivity contribution in [1.29, 1.82) is 0 Å². The van der Waals surface area contributed by atoms with Crippen LogP contribution in [0.15, 0.2) is 16.8 Å². The molecule has 2 saturated heterocycles. The van der Waals surface area contributed by atoms with Gasteiger partial charge in [0.2, 0.25) is 0 Å². The molecule has 2 N–H and O–H groups in total. The van der Waals surface area contributed by atoms with Crippen LogP contribution in [0.1, 0.15) is 41.5 Å². The van der Waals surface area contributed by atoms with Crippen molar-refractivity contribution in [1.82, 2.24) is 24.7 Å². The lowest BCUT2D eigenvalue weighted by Gasteiger charge is -2.27. The molecule has 0 bridgehead atoms. The number of hydrogen-bond donors (Lipinski definition) is 2. The molecule has 0 aromatic carbocycles. The Kier molecular flexibility index (Phi) is 4.98. The van der Waals surface area contributed by atoms with E-state index in [0.717, 1.165) is 56.4 Å². The first-order valence-corrected chi connectivity index (χ1v) is 10.7. The van der Waals surface area contributed by atoms with E-state index in [1.807, 2.05) is 17.8 Å². The van der Waals surface area contributed by atoms with E-state index in [9.17, 15) is 5.11 Å². The lowest BCUT2D eigenvalue weighted by Crippen LogP contribution is -2.36. The fraction of sp³-hybridized carbons (Fsp3) is 0.714. The Hall–Kier alpha value is -1.74. The lowest BCUT2D eigenvalue weighted by atomic mass is 9.82. The summed E-state index contributed by atoms with van der Waals surface area (Å²) in [5.74, 6) is 2.10. The number of aromatic nitrogens is 3. The molecule has 0 spiro atoms. The van der Waals surface area contributed by atoms with Crippen LogP contribution in [0.4, 0.5) is 0 Å². The number of likely N-dealkylation sites (tertiary alicyclic amines) is 2. The van der Waals surface area contributed by atoms with Crippen LogP contribution < -0.4 is 0 Å². The van der Waals surface area contributed by atoms with Gasteiger partial charge in [-0.2, -0.15) is 5.10 Å². The molecule has 8 nitrogen and oxygen atoms in total. The van der Waals surface area contributed by atoms with Gasteiger partial charge in [-0.25, -0.2) is 0 Å². The van der Waals surface area contributed by atoms with Crippen molar-refractivity contribution in [3.8, 4) is 0 Å². The average molecular weight is 402 g/mol. The zero-order valence-electron chi connectivity index (χ0n) is 17.1. The fourth-order valence-electron chi connectivity index (χ4n) is 5.23. The molecule has 0 radical (unpaired) electrons. The van der Waals surface area contributed by atoms with E-state index in [1.165, 1.54) is 18.4 Å². The Balaban J connectivity index is 1.21.